The van der Waals surface area contributed by atoms with Crippen LogP contribution >= 0.6 is 0 Å². The molecular weight excluding hydrogens is 374 g/mol. The summed E-state index contributed by atoms with van der Waals surface area (Å²) < 4.78 is 12.3. The van der Waals surface area contributed by atoms with E-state index in [2.05, 4.69) is 37.4 Å². The number of carbonyl (C=O) groups excluding carboxylic acids is 1. The van der Waals surface area contributed by atoms with Crippen LogP contribution in [0.15, 0.2) is 42.5 Å². The van der Waals surface area contributed by atoms with E-state index < -0.39 is 0 Å². The van der Waals surface area contributed by atoms with E-state index in [1.54, 1.807) is 7.11 Å². The van der Waals surface area contributed by atoms with Crippen LogP contribution in [0.3, 0.4) is 0 Å². The second-order valence-electron chi connectivity index (χ2n) is 9.25. The first-order valence-corrected chi connectivity index (χ1v) is 11.3. The van der Waals surface area contributed by atoms with Gasteiger partial charge in [0.15, 0.2) is 17.3 Å². The molecule has 0 bridgehead atoms. The number of carbonyl (C=O) groups is 1. The van der Waals surface area contributed by atoms with E-state index in [1.807, 2.05) is 19.1 Å². The molecule has 1 aliphatic heterocycles. The van der Waals surface area contributed by atoms with Crippen molar-refractivity contribution in [1.82, 2.24) is 0 Å². The molecule has 1 fully saturated rings. The molecule has 0 N–H and O–H groups in total. The minimum atomic E-state index is 0.109. The van der Waals surface area contributed by atoms with Crippen LogP contribution in [0.2, 0.25) is 0 Å². The Labute approximate surface area is 180 Å². The largest absolute Gasteiger partial charge is 0.493 e. The van der Waals surface area contributed by atoms with Gasteiger partial charge in [0.1, 0.15) is 6.54 Å². The molecule has 0 radical (unpaired) electrons. The van der Waals surface area contributed by atoms with Gasteiger partial charge in [0.05, 0.1) is 33.9 Å². The lowest BCUT2D eigenvalue weighted by Crippen LogP contribution is -2.49. The van der Waals surface area contributed by atoms with Crippen LogP contribution in [0, 0.1) is 11.8 Å². The topological polar surface area (TPSA) is 35.5 Å². The highest BCUT2D eigenvalue weighted by Gasteiger charge is 2.37. The molecule has 0 aromatic heterocycles. The summed E-state index contributed by atoms with van der Waals surface area (Å²) in [6, 6.07) is 14.7. The molecule has 160 valence electrons. The zero-order valence-corrected chi connectivity index (χ0v) is 18.5. The maximum absolute atomic E-state index is 13.1. The van der Waals surface area contributed by atoms with E-state index in [1.165, 1.54) is 31.5 Å². The Balaban J connectivity index is 1.37. The van der Waals surface area contributed by atoms with E-state index >= 15 is 0 Å². The molecule has 1 saturated heterocycles. The standard InChI is InChI=1S/C26H34NO3/c1-4-30-25-16-21-15-22(26(28)23(21)17-24(25)29-3)14-19-10-12-27(2,13-11-19)18-20-8-6-5-7-9-20/h5-9,16-17,19,22H,4,10-15,18H2,1-3H3/q+1. The van der Waals surface area contributed by atoms with Crippen molar-refractivity contribution < 1.29 is 18.8 Å². The second-order valence-corrected chi connectivity index (χ2v) is 9.25. The number of piperidine rings is 1. The normalized spacial score (nSPS) is 25.8. The van der Waals surface area contributed by atoms with Gasteiger partial charge in [0.2, 0.25) is 0 Å². The molecule has 1 heterocycles. The molecule has 0 saturated carbocycles. The highest BCUT2D eigenvalue weighted by atomic mass is 16.5. The first-order chi connectivity index (χ1) is 14.5. The summed E-state index contributed by atoms with van der Waals surface area (Å²) in [6.07, 6.45) is 4.25. The molecule has 0 amide bonds. The summed E-state index contributed by atoms with van der Waals surface area (Å²) in [7, 11) is 4.01. The highest BCUT2D eigenvalue weighted by molar-refractivity contribution is 6.02. The number of fused-ring (bicyclic) bond motifs is 1. The number of Topliss-reactive ketones (excluding diaryl/α,β-unsaturated/α-hetero) is 1. The lowest BCUT2D eigenvalue weighted by Gasteiger charge is -2.41. The number of rotatable bonds is 7. The van der Waals surface area contributed by atoms with Gasteiger partial charge in [-0.3, -0.25) is 4.79 Å². The molecule has 30 heavy (non-hydrogen) atoms. The first kappa shape index (κ1) is 20.9. The van der Waals surface area contributed by atoms with Gasteiger partial charge in [0, 0.05) is 17.0 Å². The number of nitrogens with zero attached hydrogens (tertiary/aromatic N) is 1. The van der Waals surface area contributed by atoms with E-state index in [9.17, 15) is 4.79 Å². The fourth-order valence-electron chi connectivity index (χ4n) is 5.26. The molecule has 4 rings (SSSR count). The van der Waals surface area contributed by atoms with Gasteiger partial charge in [-0.25, -0.2) is 0 Å². The minimum absolute atomic E-state index is 0.109. The third-order valence-electron chi connectivity index (χ3n) is 6.97. The second kappa shape index (κ2) is 8.81. The van der Waals surface area contributed by atoms with Gasteiger partial charge in [0.25, 0.3) is 0 Å². The SMILES string of the molecule is CCOc1cc2c(cc1OC)C(=O)C(CC1CC[N+](C)(Cc3ccccc3)CC1)C2. The fraction of sp³-hybridized carbons (Fsp3) is 0.500. The summed E-state index contributed by atoms with van der Waals surface area (Å²) in [5, 5.41) is 0. The van der Waals surface area contributed by atoms with Crippen LogP contribution in [-0.4, -0.2) is 44.1 Å². The van der Waals surface area contributed by atoms with Crippen LogP contribution in [0.5, 0.6) is 11.5 Å². The van der Waals surface area contributed by atoms with Crippen LogP contribution in [-0.2, 0) is 13.0 Å². The number of benzene rings is 2. The zero-order chi connectivity index (χ0) is 21.1. The number of ether oxygens (including phenoxy) is 2. The van der Waals surface area contributed by atoms with Gasteiger partial charge in [-0.2, -0.15) is 0 Å². The predicted octanol–water partition coefficient (Wildman–Crippen LogP) is 4.90. The van der Waals surface area contributed by atoms with Crippen molar-refractivity contribution in [1.29, 1.82) is 0 Å². The van der Waals surface area contributed by atoms with Crippen molar-refractivity contribution in [2.75, 3.05) is 33.9 Å². The van der Waals surface area contributed by atoms with Gasteiger partial charge in [-0.05, 0) is 56.2 Å². The summed E-state index contributed by atoms with van der Waals surface area (Å²) in [4.78, 5) is 13.1. The molecule has 2 aromatic carbocycles. The lowest BCUT2D eigenvalue weighted by molar-refractivity contribution is -0.928. The third-order valence-corrected chi connectivity index (χ3v) is 6.97. The van der Waals surface area contributed by atoms with Crippen LogP contribution in [0.4, 0.5) is 0 Å². The zero-order valence-electron chi connectivity index (χ0n) is 18.5. The van der Waals surface area contributed by atoms with Gasteiger partial charge in [-0.1, -0.05) is 30.3 Å². The Morgan fingerprint density at radius 3 is 2.47 bits per heavy atom. The summed E-state index contributed by atoms with van der Waals surface area (Å²) in [5.41, 5.74) is 3.37. The maximum atomic E-state index is 13.1. The van der Waals surface area contributed by atoms with Crippen molar-refractivity contribution in [2.24, 2.45) is 11.8 Å². The smallest absolute Gasteiger partial charge is 0.166 e. The maximum Gasteiger partial charge on any atom is 0.166 e. The lowest BCUT2D eigenvalue weighted by atomic mass is 9.84. The molecule has 1 unspecified atom stereocenters. The number of hydrogen-bond acceptors (Lipinski definition) is 3. The average molecular weight is 409 g/mol. The number of hydrogen-bond donors (Lipinski definition) is 0. The average Bonchev–Trinajstić information content (AvgIpc) is 3.04. The molecule has 2 aromatic rings. The summed E-state index contributed by atoms with van der Waals surface area (Å²) in [6.45, 7) is 6.04. The Bertz CT molecular complexity index is 885. The minimum Gasteiger partial charge on any atom is -0.493 e. The van der Waals surface area contributed by atoms with Crippen molar-refractivity contribution in [3.63, 3.8) is 0 Å². The molecular formula is C26H34NO3+. The predicted molar refractivity (Wildman–Crippen MR) is 119 cm³/mol. The van der Waals surface area contributed by atoms with Crippen LogP contribution in [0.25, 0.3) is 0 Å². The van der Waals surface area contributed by atoms with E-state index in [0.29, 0.717) is 24.1 Å². The van der Waals surface area contributed by atoms with Crippen molar-refractivity contribution in [2.45, 2.75) is 39.2 Å². The molecule has 1 aliphatic carbocycles. The molecule has 4 nitrogen and oxygen atoms in total. The van der Waals surface area contributed by atoms with Crippen molar-refractivity contribution in [3.05, 3.63) is 59.2 Å². The Kier molecular flexibility index (Phi) is 6.14. The van der Waals surface area contributed by atoms with Gasteiger partial charge < -0.3 is 14.0 Å². The highest BCUT2D eigenvalue weighted by Crippen LogP contribution is 2.40. The third kappa shape index (κ3) is 4.39. The molecule has 4 heteroatoms. The molecule has 0 spiro atoms. The number of quaternary nitrogens is 1. The van der Waals surface area contributed by atoms with Crippen LogP contribution in [0.1, 0.15) is 47.7 Å². The summed E-state index contributed by atoms with van der Waals surface area (Å²) in [5.74, 6) is 2.45. The quantitative estimate of drug-likeness (QED) is 0.612. The Hall–Kier alpha value is -2.33. The van der Waals surface area contributed by atoms with Gasteiger partial charge >= 0.3 is 0 Å². The van der Waals surface area contributed by atoms with E-state index in [-0.39, 0.29) is 5.92 Å². The number of ketones is 1. The van der Waals surface area contributed by atoms with E-state index in [0.717, 1.165) is 40.7 Å². The van der Waals surface area contributed by atoms with Crippen LogP contribution < -0.4 is 9.47 Å². The molecule has 1 atom stereocenters. The molecule has 2 aliphatic rings. The Morgan fingerprint density at radius 1 is 1.07 bits per heavy atom. The van der Waals surface area contributed by atoms with Crippen molar-refractivity contribution in [3.8, 4) is 11.5 Å². The Morgan fingerprint density at radius 2 is 1.80 bits per heavy atom. The van der Waals surface area contributed by atoms with Crippen molar-refractivity contribution >= 4 is 5.78 Å². The van der Waals surface area contributed by atoms with E-state index in [4.69, 9.17) is 9.47 Å². The monoisotopic (exact) mass is 408 g/mol. The summed E-state index contributed by atoms with van der Waals surface area (Å²) >= 11 is 0. The number of likely N-dealkylation sites (tertiary alicyclic amines) is 1. The number of methoxy groups -OCH3 is 1. The first-order valence-electron chi connectivity index (χ1n) is 11.3. The fourth-order valence-corrected chi connectivity index (χ4v) is 5.26. The van der Waals surface area contributed by atoms with Gasteiger partial charge in [-0.15, -0.1) is 0 Å².